The summed E-state index contributed by atoms with van der Waals surface area (Å²) in [6, 6.07) is 28.2. The van der Waals surface area contributed by atoms with Crippen LogP contribution in [0.5, 0.6) is 11.5 Å². The largest absolute Gasteiger partial charge is 0.488 e. The number of methoxy groups -OCH3 is 1. The molecule has 0 atom stereocenters. The molecule has 4 aromatic rings. The van der Waals surface area contributed by atoms with Gasteiger partial charge in [0, 0.05) is 24.2 Å². The maximum atomic E-state index is 11.7. The van der Waals surface area contributed by atoms with Crippen LogP contribution in [-0.4, -0.2) is 75.2 Å². The van der Waals surface area contributed by atoms with Gasteiger partial charge in [0.05, 0.1) is 20.0 Å². The number of rotatable bonds is 10. The normalized spacial score (nSPS) is 14.2. The minimum atomic E-state index is -0.826. The Balaban J connectivity index is 0.000000228. The number of hydrogen-bond acceptors (Lipinski definition) is 7. The van der Waals surface area contributed by atoms with E-state index >= 15 is 0 Å². The first-order chi connectivity index (χ1) is 24.6. The summed E-state index contributed by atoms with van der Waals surface area (Å²) in [5.74, 6) is 0.596. The maximum Gasteiger partial charge on any atom is 0.309 e. The fraction of sp³-hybridized carbons (Fsp3) is 0.302. The van der Waals surface area contributed by atoms with Gasteiger partial charge in [0.1, 0.15) is 24.7 Å². The van der Waals surface area contributed by atoms with E-state index in [1.807, 2.05) is 48.5 Å². The highest BCUT2D eigenvalue weighted by molar-refractivity contribution is 5.87. The van der Waals surface area contributed by atoms with Crippen molar-refractivity contribution >= 4 is 35.5 Å². The molecule has 0 saturated carbocycles. The highest BCUT2D eigenvalue weighted by Gasteiger charge is 2.21. The number of esters is 1. The second kappa shape index (κ2) is 19.1. The molecule has 0 saturated heterocycles. The van der Waals surface area contributed by atoms with Crippen molar-refractivity contribution < 1.29 is 28.9 Å². The monoisotopic (exact) mass is 724 g/mol. The number of halogens is 1. The minimum Gasteiger partial charge on any atom is -0.488 e. The molecule has 2 aliphatic heterocycles. The van der Waals surface area contributed by atoms with Crippen LogP contribution >= 0.6 is 12.4 Å². The van der Waals surface area contributed by atoms with Crippen LogP contribution in [0.4, 0.5) is 0 Å². The lowest BCUT2D eigenvalue weighted by atomic mass is 9.92. The highest BCUT2D eigenvalue weighted by atomic mass is 35.5. The molecule has 52 heavy (non-hydrogen) atoms. The lowest BCUT2D eigenvalue weighted by Gasteiger charge is -2.13. The number of carbonyl (C=O) groups is 2. The Morgan fingerprint density at radius 1 is 0.673 bits per heavy atom. The van der Waals surface area contributed by atoms with Crippen molar-refractivity contribution in [3.05, 3.63) is 142 Å². The van der Waals surface area contributed by atoms with Gasteiger partial charge in [-0.3, -0.25) is 9.59 Å². The molecule has 0 spiro atoms. The van der Waals surface area contributed by atoms with Crippen LogP contribution in [0.25, 0.3) is 11.1 Å². The first-order valence-corrected chi connectivity index (χ1v) is 17.3. The molecule has 2 heterocycles. The predicted molar refractivity (Wildman–Crippen MR) is 209 cm³/mol. The average molecular weight is 725 g/mol. The van der Waals surface area contributed by atoms with Crippen LogP contribution in [-0.2, 0) is 40.4 Å². The summed E-state index contributed by atoms with van der Waals surface area (Å²) in [5, 5.41) is 9.10. The van der Waals surface area contributed by atoms with Crippen molar-refractivity contribution in [3.63, 3.8) is 0 Å². The van der Waals surface area contributed by atoms with Gasteiger partial charge in [-0.15, -0.1) is 12.4 Å². The highest BCUT2D eigenvalue weighted by Crippen LogP contribution is 2.39. The number of carboxylic acids is 1. The summed E-state index contributed by atoms with van der Waals surface area (Å²) in [5.41, 5.74) is 10.7. The Bertz CT molecular complexity index is 1920. The SMILES string of the molecule is CN(C)CCC=C1c2ccccc2COc2ccc(CC(=O)O)cc21.COC(=O)Cc1ccc2c(c1)C(=CCCN(C)C)c1ccccc1CO2.Cl. The fourth-order valence-electron chi connectivity index (χ4n) is 6.25. The summed E-state index contributed by atoms with van der Waals surface area (Å²) in [6.45, 7) is 3.00. The lowest BCUT2D eigenvalue weighted by Crippen LogP contribution is -2.12. The Morgan fingerprint density at radius 3 is 1.54 bits per heavy atom. The minimum absolute atomic E-state index is 0. The van der Waals surface area contributed by atoms with E-state index in [1.165, 1.54) is 23.8 Å². The van der Waals surface area contributed by atoms with E-state index in [0.717, 1.165) is 76.4 Å². The van der Waals surface area contributed by atoms with E-state index in [-0.39, 0.29) is 31.2 Å². The van der Waals surface area contributed by atoms with Gasteiger partial charge in [-0.05, 0) is 110 Å². The van der Waals surface area contributed by atoms with Crippen LogP contribution < -0.4 is 9.47 Å². The van der Waals surface area contributed by atoms with Gasteiger partial charge < -0.3 is 29.1 Å². The van der Waals surface area contributed by atoms with Crippen molar-refractivity contribution in [2.75, 3.05) is 48.4 Å². The number of carboxylic acid groups (broad SMARTS) is 1. The molecule has 4 aromatic carbocycles. The zero-order valence-electron chi connectivity index (χ0n) is 30.7. The molecule has 0 bridgehead atoms. The van der Waals surface area contributed by atoms with E-state index in [4.69, 9.17) is 19.3 Å². The third-order valence-electron chi connectivity index (χ3n) is 8.83. The van der Waals surface area contributed by atoms with E-state index in [0.29, 0.717) is 13.2 Å². The number of aliphatic carboxylic acids is 1. The molecule has 274 valence electrons. The standard InChI is InChI=1S/C22H25NO3.C21H23NO3.ClH/c1-23(2)12-6-9-19-18-8-5-4-7-17(18)15-26-21-11-10-16(13-20(19)21)14-22(24)25-3;1-22(2)11-5-8-18-17-7-4-3-6-16(17)14-25-20-10-9-15(12-19(18)20)13-21(23)24;/h4-5,7-11,13H,6,12,14-15H2,1-3H3;3-4,6-10,12H,5,11,13-14H2,1-2H3,(H,23,24);1H. The second-order valence-corrected chi connectivity index (χ2v) is 13.3. The third kappa shape index (κ3) is 10.6. The van der Waals surface area contributed by atoms with Crippen LogP contribution in [0, 0.1) is 0 Å². The number of hydrogen-bond donors (Lipinski definition) is 1. The van der Waals surface area contributed by atoms with Gasteiger partial charge in [0.2, 0.25) is 0 Å². The van der Waals surface area contributed by atoms with Gasteiger partial charge >= 0.3 is 11.9 Å². The zero-order valence-corrected chi connectivity index (χ0v) is 31.5. The van der Waals surface area contributed by atoms with Crippen LogP contribution in [0.3, 0.4) is 0 Å². The number of carbonyl (C=O) groups excluding carboxylic acids is 1. The smallest absolute Gasteiger partial charge is 0.309 e. The molecule has 0 aliphatic carbocycles. The topological polar surface area (TPSA) is 88.5 Å². The first-order valence-electron chi connectivity index (χ1n) is 17.3. The van der Waals surface area contributed by atoms with Crippen LogP contribution in [0.15, 0.2) is 97.1 Å². The van der Waals surface area contributed by atoms with E-state index < -0.39 is 5.97 Å². The summed E-state index contributed by atoms with van der Waals surface area (Å²) in [6.07, 6.45) is 6.64. The Labute approximate surface area is 313 Å². The van der Waals surface area contributed by atoms with Crippen molar-refractivity contribution in [1.82, 2.24) is 9.80 Å². The van der Waals surface area contributed by atoms with Crippen molar-refractivity contribution in [1.29, 1.82) is 0 Å². The van der Waals surface area contributed by atoms with E-state index in [9.17, 15) is 9.59 Å². The Morgan fingerprint density at radius 2 is 1.12 bits per heavy atom. The lowest BCUT2D eigenvalue weighted by molar-refractivity contribution is -0.140. The van der Waals surface area contributed by atoms with Gasteiger partial charge in [0.25, 0.3) is 0 Å². The molecular weight excluding hydrogens is 676 g/mol. The van der Waals surface area contributed by atoms with Crippen LogP contribution in [0.2, 0.25) is 0 Å². The van der Waals surface area contributed by atoms with Crippen molar-refractivity contribution in [2.45, 2.75) is 38.9 Å². The molecule has 0 aromatic heterocycles. The summed E-state index contributed by atoms with van der Waals surface area (Å²) < 4.78 is 16.9. The number of nitrogens with zero attached hydrogens (tertiary/aromatic N) is 2. The molecule has 9 heteroatoms. The number of ether oxygens (including phenoxy) is 3. The van der Waals surface area contributed by atoms with Crippen molar-refractivity contribution in [3.8, 4) is 11.5 Å². The van der Waals surface area contributed by atoms with E-state index in [2.05, 4.69) is 86.5 Å². The maximum absolute atomic E-state index is 11.7. The molecule has 1 N–H and O–H groups in total. The molecule has 0 amide bonds. The van der Waals surface area contributed by atoms with Gasteiger partial charge in [-0.1, -0.05) is 72.8 Å². The predicted octanol–water partition coefficient (Wildman–Crippen LogP) is 7.69. The van der Waals surface area contributed by atoms with E-state index in [1.54, 1.807) is 0 Å². The van der Waals surface area contributed by atoms with Crippen molar-refractivity contribution in [2.24, 2.45) is 0 Å². The molecule has 0 unspecified atom stereocenters. The Hall–Kier alpha value is -4.89. The summed E-state index contributed by atoms with van der Waals surface area (Å²) in [7, 11) is 9.68. The molecule has 2 aliphatic rings. The summed E-state index contributed by atoms with van der Waals surface area (Å²) >= 11 is 0. The number of benzene rings is 4. The third-order valence-corrected chi connectivity index (χ3v) is 8.83. The Kier molecular flexibility index (Phi) is 14.6. The fourth-order valence-corrected chi connectivity index (χ4v) is 6.25. The first kappa shape index (κ1) is 39.9. The molecule has 6 rings (SSSR count). The zero-order chi connectivity index (χ0) is 36.3. The number of fused-ring (bicyclic) bond motifs is 4. The summed E-state index contributed by atoms with van der Waals surface area (Å²) in [4.78, 5) is 27.1. The van der Waals surface area contributed by atoms with Gasteiger partial charge in [0.15, 0.2) is 0 Å². The molecular formula is C43H49ClN2O6. The quantitative estimate of drug-likeness (QED) is 0.167. The average Bonchev–Trinajstić information content (AvgIpc) is 3.36. The van der Waals surface area contributed by atoms with Gasteiger partial charge in [-0.2, -0.15) is 0 Å². The molecule has 0 fully saturated rings. The van der Waals surface area contributed by atoms with Gasteiger partial charge in [-0.25, -0.2) is 0 Å². The molecule has 0 radical (unpaired) electrons. The second-order valence-electron chi connectivity index (χ2n) is 13.3. The van der Waals surface area contributed by atoms with Crippen LogP contribution in [0.1, 0.15) is 57.3 Å². The molecule has 8 nitrogen and oxygen atoms in total.